The van der Waals surface area contributed by atoms with Crippen LogP contribution in [-0.4, -0.2) is 47.9 Å². The third kappa shape index (κ3) is 12.0. The second-order valence-corrected chi connectivity index (χ2v) is 8.05. The maximum absolute atomic E-state index is 11.6. The summed E-state index contributed by atoms with van der Waals surface area (Å²) in [5.74, 6) is -1.27. The van der Waals surface area contributed by atoms with Crippen molar-refractivity contribution in [3.8, 4) is 0 Å². The Morgan fingerprint density at radius 2 is 1.37 bits per heavy atom. The number of methoxy groups -OCH3 is 2. The first-order valence-corrected chi connectivity index (χ1v) is 12.5. The van der Waals surface area contributed by atoms with Crippen LogP contribution in [0.4, 0.5) is 22.7 Å². The third-order valence-corrected chi connectivity index (χ3v) is 5.21. The molecular weight excluding hydrogens is 564 g/mol. The van der Waals surface area contributed by atoms with Crippen LogP contribution in [0.1, 0.15) is 67.7 Å². The second-order valence-electron chi connectivity index (χ2n) is 7.26. The number of benzene rings is 2. The lowest BCUT2D eigenvalue weighted by Crippen LogP contribution is -2.11. The molecule has 0 saturated heterocycles. The first-order valence-electron chi connectivity index (χ1n) is 11.4. The van der Waals surface area contributed by atoms with Crippen LogP contribution >= 0.6 is 15.9 Å². The van der Waals surface area contributed by atoms with Crippen LogP contribution in [0.25, 0.3) is 0 Å². The first kappa shape index (κ1) is 36.4. The minimum Gasteiger partial charge on any atom is -0.465 e. The van der Waals surface area contributed by atoms with E-state index < -0.39 is 21.8 Å². The number of esters is 2. The molecule has 2 rings (SSSR count). The Labute approximate surface area is 231 Å². The van der Waals surface area contributed by atoms with E-state index in [0.29, 0.717) is 6.54 Å². The lowest BCUT2D eigenvalue weighted by molar-refractivity contribution is -0.384. The number of rotatable bonds is 10. The van der Waals surface area contributed by atoms with Crippen LogP contribution < -0.4 is 11.1 Å². The van der Waals surface area contributed by atoms with E-state index >= 15 is 0 Å². The van der Waals surface area contributed by atoms with Crippen molar-refractivity contribution in [3.63, 3.8) is 0 Å². The molecule has 0 aliphatic rings. The number of carbonyl (C=O) groups is 2. The Balaban J connectivity index is 0. The second kappa shape index (κ2) is 20.3. The number of nitrogens with zero attached hydrogens (tertiary/aromatic N) is 2. The number of para-hydroxylation sites is 2. The molecule has 0 aliphatic carbocycles. The molecule has 13 heteroatoms. The smallest absolute Gasteiger partial charge is 0.340 e. The monoisotopic (exact) mass is 600 g/mol. The number of alkyl halides is 1. The van der Waals surface area contributed by atoms with E-state index in [1.807, 2.05) is 6.92 Å². The zero-order valence-electron chi connectivity index (χ0n) is 21.3. The van der Waals surface area contributed by atoms with Crippen molar-refractivity contribution in [2.24, 2.45) is 0 Å². The average Bonchev–Trinajstić information content (AvgIpc) is 2.89. The molecule has 12 nitrogen and oxygen atoms in total. The summed E-state index contributed by atoms with van der Waals surface area (Å²) in [6, 6.07) is 8.31. The Hall–Kier alpha value is -3.74. The predicted molar refractivity (Wildman–Crippen MR) is 152 cm³/mol. The number of hydrogen-bond donors (Lipinski definition) is 2. The number of unbranched alkanes of at least 4 members (excludes halogenated alkanes) is 2. The molecule has 0 radical (unpaired) electrons. The van der Waals surface area contributed by atoms with E-state index in [-0.39, 0.29) is 41.3 Å². The van der Waals surface area contributed by atoms with Crippen molar-refractivity contribution >= 4 is 50.6 Å². The molecule has 3 N–H and O–H groups in total. The minimum atomic E-state index is -0.689. The van der Waals surface area contributed by atoms with Gasteiger partial charge in [0, 0.05) is 24.0 Å². The molecule has 2 aromatic carbocycles. The number of nitrogen functional groups attached to an aromatic ring is 1. The molecule has 2 aromatic rings. The molecule has 0 aromatic heterocycles. The standard InChI is InChI=1S/C12H16N2O4.C8H8N2O4.C4H9Br.CH4/c1-3-4-8-13-11-9(12(15)18-2)6-5-7-10(11)14(16)17;1-14-8(11)5-3-2-4-6(7(5)9)10(12)13;1-2-3-4-5;/h5-7,13H,3-4,8H2,1-2H3;2-4H,9H2,1H3;2-4H2,1H3;1H4. The highest BCUT2D eigenvalue weighted by Crippen LogP contribution is 2.29. The lowest BCUT2D eigenvalue weighted by Gasteiger charge is -2.10. The summed E-state index contributed by atoms with van der Waals surface area (Å²) in [4.78, 5) is 42.9. The Morgan fingerprint density at radius 1 is 0.895 bits per heavy atom. The Morgan fingerprint density at radius 3 is 1.79 bits per heavy atom. The Kier molecular flexibility index (Phi) is 19.5. The summed E-state index contributed by atoms with van der Waals surface area (Å²) < 4.78 is 9.03. The van der Waals surface area contributed by atoms with Gasteiger partial charge in [-0.3, -0.25) is 20.2 Å². The zero-order valence-corrected chi connectivity index (χ0v) is 22.9. The van der Waals surface area contributed by atoms with Crippen molar-refractivity contribution in [2.75, 3.05) is 37.1 Å². The fourth-order valence-electron chi connectivity index (χ4n) is 2.68. The van der Waals surface area contributed by atoms with Crippen molar-refractivity contribution < 1.29 is 28.9 Å². The van der Waals surface area contributed by atoms with Gasteiger partial charge in [0.05, 0.1) is 35.2 Å². The average molecular weight is 601 g/mol. The van der Waals surface area contributed by atoms with E-state index in [1.54, 1.807) is 0 Å². The summed E-state index contributed by atoms with van der Waals surface area (Å²) in [7, 11) is 2.43. The molecule has 0 fully saturated rings. The van der Waals surface area contributed by atoms with E-state index in [1.165, 1.54) is 63.5 Å². The van der Waals surface area contributed by atoms with Crippen LogP contribution in [0.15, 0.2) is 36.4 Å². The molecule has 38 heavy (non-hydrogen) atoms. The van der Waals surface area contributed by atoms with Crippen LogP contribution in [0.3, 0.4) is 0 Å². The number of ether oxygens (including phenoxy) is 2. The Bertz CT molecular complexity index is 1050. The molecule has 0 bridgehead atoms. The highest BCUT2D eigenvalue weighted by molar-refractivity contribution is 9.09. The largest absolute Gasteiger partial charge is 0.465 e. The van der Waals surface area contributed by atoms with Gasteiger partial charge in [-0.15, -0.1) is 0 Å². The van der Waals surface area contributed by atoms with Gasteiger partial charge in [0.1, 0.15) is 11.4 Å². The van der Waals surface area contributed by atoms with Gasteiger partial charge in [0.2, 0.25) is 0 Å². The summed E-state index contributed by atoms with van der Waals surface area (Å²) in [5.41, 5.74) is 5.24. The lowest BCUT2D eigenvalue weighted by atomic mass is 10.1. The molecule has 0 spiro atoms. The van der Waals surface area contributed by atoms with Gasteiger partial charge in [-0.1, -0.05) is 62.2 Å². The number of carbonyl (C=O) groups excluding carboxylic acids is 2. The molecule has 0 aliphatic heterocycles. The highest BCUT2D eigenvalue weighted by atomic mass is 79.9. The molecule has 0 saturated carbocycles. The van der Waals surface area contributed by atoms with Gasteiger partial charge in [-0.2, -0.15) is 0 Å². The van der Waals surface area contributed by atoms with Crippen molar-refractivity contribution in [1.82, 2.24) is 0 Å². The first-order chi connectivity index (χ1) is 17.6. The van der Waals surface area contributed by atoms with Crippen LogP contribution in [-0.2, 0) is 9.47 Å². The summed E-state index contributed by atoms with van der Waals surface area (Å²) in [6.07, 6.45) is 4.43. The van der Waals surface area contributed by atoms with Crippen LogP contribution in [0.5, 0.6) is 0 Å². The zero-order chi connectivity index (χ0) is 28.4. The number of nitrogens with one attached hydrogen (secondary N) is 1. The minimum absolute atomic E-state index is 0. The van der Waals surface area contributed by atoms with Crippen LogP contribution in [0.2, 0.25) is 0 Å². The number of anilines is 2. The summed E-state index contributed by atoms with van der Waals surface area (Å²) in [5, 5.41) is 25.5. The predicted octanol–water partition coefficient (Wildman–Crippen LogP) is 6.37. The van der Waals surface area contributed by atoms with Crippen LogP contribution in [0, 0.1) is 20.2 Å². The number of halogens is 1. The number of nitro benzene ring substituents is 2. The molecule has 0 unspecified atom stereocenters. The molecule has 0 heterocycles. The molecule has 212 valence electrons. The van der Waals surface area contributed by atoms with Gasteiger partial charge in [0.15, 0.2) is 0 Å². The number of nitrogens with two attached hydrogens (primary N) is 1. The van der Waals surface area contributed by atoms with Gasteiger partial charge in [-0.25, -0.2) is 9.59 Å². The molecule has 0 atom stereocenters. The summed E-state index contributed by atoms with van der Waals surface area (Å²) >= 11 is 3.31. The van der Waals surface area contributed by atoms with E-state index in [4.69, 9.17) is 5.73 Å². The van der Waals surface area contributed by atoms with Crippen molar-refractivity contribution in [1.29, 1.82) is 0 Å². The quantitative estimate of drug-likeness (QED) is 0.0776. The fourth-order valence-corrected chi connectivity index (χ4v) is 3.24. The van der Waals surface area contributed by atoms with Gasteiger partial charge >= 0.3 is 11.9 Å². The van der Waals surface area contributed by atoms with E-state index in [2.05, 4.69) is 37.6 Å². The number of hydrogen-bond acceptors (Lipinski definition) is 10. The maximum Gasteiger partial charge on any atom is 0.340 e. The van der Waals surface area contributed by atoms with Gasteiger partial charge < -0.3 is 20.5 Å². The van der Waals surface area contributed by atoms with Crippen molar-refractivity contribution in [2.45, 2.75) is 47.0 Å². The highest BCUT2D eigenvalue weighted by Gasteiger charge is 2.21. The summed E-state index contributed by atoms with van der Waals surface area (Å²) in [6.45, 7) is 4.77. The van der Waals surface area contributed by atoms with Gasteiger partial charge in [-0.05, 0) is 25.0 Å². The van der Waals surface area contributed by atoms with Crippen molar-refractivity contribution in [3.05, 3.63) is 67.8 Å². The van der Waals surface area contributed by atoms with E-state index in [9.17, 15) is 29.8 Å². The van der Waals surface area contributed by atoms with Gasteiger partial charge in [0.25, 0.3) is 11.4 Å². The maximum atomic E-state index is 11.6. The fraction of sp³-hybridized carbons (Fsp3) is 0.440. The molecular formula is C25H37BrN4O8. The SMILES string of the molecule is C.CCCCBr.CCCCNc1c(C(=O)OC)cccc1[N+](=O)[O-].COC(=O)c1cccc([N+](=O)[O-])c1N. The third-order valence-electron chi connectivity index (χ3n) is 4.65. The normalized spacial score (nSPS) is 9.29. The topological polar surface area (TPSA) is 177 Å². The number of nitro groups is 2. The molecule has 0 amide bonds. The van der Waals surface area contributed by atoms with E-state index in [0.717, 1.165) is 18.2 Å².